The van der Waals surface area contributed by atoms with E-state index in [2.05, 4.69) is 4.72 Å². The molecule has 0 aromatic carbocycles. The molecule has 4 aliphatic rings. The predicted octanol–water partition coefficient (Wildman–Crippen LogP) is 2.84. The van der Waals surface area contributed by atoms with Crippen molar-refractivity contribution < 1.29 is 13.2 Å². The smallest absolute Gasteiger partial charge is 0.240 e. The standard InChI is InChI=1S/C16H27NO3S/c1-4-15(2,3)14(18)17-21(19,20)16-8-11-5-12(9-16)7-13(6-11)10-16/h11-13H,4-10H2,1-3H3,(H,17,18). The molecule has 1 amide bonds. The van der Waals surface area contributed by atoms with Crippen LogP contribution in [0.4, 0.5) is 0 Å². The molecule has 0 radical (unpaired) electrons. The van der Waals surface area contributed by atoms with Crippen LogP contribution in [0, 0.1) is 23.2 Å². The Labute approximate surface area is 128 Å². The number of carbonyl (C=O) groups is 1. The third-order valence-electron chi connectivity index (χ3n) is 6.28. The average molecular weight is 313 g/mol. The van der Waals surface area contributed by atoms with Gasteiger partial charge in [0.2, 0.25) is 15.9 Å². The zero-order valence-corrected chi connectivity index (χ0v) is 14.1. The van der Waals surface area contributed by atoms with Gasteiger partial charge in [-0.1, -0.05) is 20.8 Å². The second-order valence-corrected chi connectivity index (χ2v) is 10.3. The maximum Gasteiger partial charge on any atom is 0.240 e. The molecule has 21 heavy (non-hydrogen) atoms. The third-order valence-corrected chi connectivity index (χ3v) is 8.37. The van der Waals surface area contributed by atoms with Crippen LogP contribution in [0.3, 0.4) is 0 Å². The zero-order valence-electron chi connectivity index (χ0n) is 13.3. The van der Waals surface area contributed by atoms with Crippen LogP contribution in [0.5, 0.6) is 0 Å². The summed E-state index contributed by atoms with van der Waals surface area (Å²) >= 11 is 0. The molecule has 5 heteroatoms. The van der Waals surface area contributed by atoms with Crippen LogP contribution < -0.4 is 4.72 Å². The molecule has 0 saturated heterocycles. The van der Waals surface area contributed by atoms with E-state index in [1.165, 1.54) is 19.3 Å². The number of carbonyl (C=O) groups excluding carboxylic acids is 1. The number of hydrogen-bond donors (Lipinski definition) is 1. The Morgan fingerprint density at radius 1 is 1.10 bits per heavy atom. The molecule has 0 aromatic heterocycles. The van der Waals surface area contributed by atoms with Crippen molar-refractivity contribution in [2.75, 3.05) is 0 Å². The first kappa shape index (κ1) is 15.3. The van der Waals surface area contributed by atoms with Crippen LogP contribution >= 0.6 is 0 Å². The zero-order chi connectivity index (χ0) is 15.5. The highest BCUT2D eigenvalue weighted by Gasteiger charge is 2.58. The van der Waals surface area contributed by atoms with Crippen LogP contribution in [0.1, 0.15) is 65.7 Å². The van der Waals surface area contributed by atoms with Crippen molar-refractivity contribution >= 4 is 15.9 Å². The molecule has 4 bridgehead atoms. The minimum absolute atomic E-state index is 0.347. The van der Waals surface area contributed by atoms with E-state index in [-0.39, 0.29) is 5.91 Å². The van der Waals surface area contributed by atoms with Crippen molar-refractivity contribution in [1.29, 1.82) is 0 Å². The molecule has 0 unspecified atom stereocenters. The van der Waals surface area contributed by atoms with Crippen LogP contribution in [-0.4, -0.2) is 19.1 Å². The summed E-state index contributed by atoms with van der Waals surface area (Å²) in [5.74, 6) is 1.33. The molecule has 0 heterocycles. The van der Waals surface area contributed by atoms with Gasteiger partial charge in [-0.2, -0.15) is 0 Å². The fourth-order valence-corrected chi connectivity index (χ4v) is 6.99. The lowest BCUT2D eigenvalue weighted by molar-refractivity contribution is -0.127. The fourth-order valence-electron chi connectivity index (χ4n) is 4.89. The molecule has 4 aliphatic carbocycles. The monoisotopic (exact) mass is 313 g/mol. The summed E-state index contributed by atoms with van der Waals surface area (Å²) in [4.78, 5) is 12.3. The van der Waals surface area contributed by atoms with E-state index >= 15 is 0 Å². The minimum Gasteiger partial charge on any atom is -0.273 e. The van der Waals surface area contributed by atoms with Gasteiger partial charge in [-0.25, -0.2) is 8.42 Å². The van der Waals surface area contributed by atoms with E-state index in [0.717, 1.165) is 19.3 Å². The maximum absolute atomic E-state index is 12.9. The quantitative estimate of drug-likeness (QED) is 0.868. The summed E-state index contributed by atoms with van der Waals surface area (Å²) in [6, 6.07) is 0. The van der Waals surface area contributed by atoms with Crippen LogP contribution in [0.2, 0.25) is 0 Å². The highest BCUT2D eigenvalue weighted by atomic mass is 32.2. The van der Waals surface area contributed by atoms with Crippen LogP contribution in [0.25, 0.3) is 0 Å². The summed E-state index contributed by atoms with van der Waals surface area (Å²) in [5.41, 5.74) is -0.630. The van der Waals surface area contributed by atoms with Gasteiger partial charge in [0.1, 0.15) is 0 Å². The van der Waals surface area contributed by atoms with Crippen molar-refractivity contribution in [3.05, 3.63) is 0 Å². The SMILES string of the molecule is CCC(C)(C)C(=O)NS(=O)(=O)C12CC3CC(CC(C3)C1)C2. The van der Waals surface area contributed by atoms with Crippen molar-refractivity contribution in [3.8, 4) is 0 Å². The number of nitrogens with one attached hydrogen (secondary N) is 1. The summed E-state index contributed by atoms with van der Waals surface area (Å²) in [5, 5.41) is 0. The van der Waals surface area contributed by atoms with E-state index in [4.69, 9.17) is 0 Å². The Balaban J connectivity index is 1.84. The highest BCUT2D eigenvalue weighted by molar-refractivity contribution is 7.91. The molecule has 120 valence electrons. The molecule has 0 aliphatic heterocycles. The predicted molar refractivity (Wildman–Crippen MR) is 82.0 cm³/mol. The first-order chi connectivity index (χ1) is 9.67. The Morgan fingerprint density at radius 3 is 1.90 bits per heavy atom. The summed E-state index contributed by atoms with van der Waals surface area (Å²) < 4.78 is 27.6. The van der Waals surface area contributed by atoms with Gasteiger partial charge in [-0.15, -0.1) is 0 Å². The minimum atomic E-state index is -3.57. The van der Waals surface area contributed by atoms with Gasteiger partial charge in [-0.3, -0.25) is 9.52 Å². The largest absolute Gasteiger partial charge is 0.273 e. The Hall–Kier alpha value is -0.580. The lowest BCUT2D eigenvalue weighted by atomic mass is 9.56. The number of hydrogen-bond acceptors (Lipinski definition) is 3. The van der Waals surface area contributed by atoms with E-state index in [1.807, 2.05) is 6.92 Å². The van der Waals surface area contributed by atoms with Crippen LogP contribution in [-0.2, 0) is 14.8 Å². The van der Waals surface area contributed by atoms with Crippen molar-refractivity contribution in [2.24, 2.45) is 23.2 Å². The van der Waals surface area contributed by atoms with Gasteiger partial charge in [-0.05, 0) is 62.7 Å². The lowest BCUT2D eigenvalue weighted by Crippen LogP contribution is -2.59. The van der Waals surface area contributed by atoms with E-state index in [0.29, 0.717) is 24.2 Å². The molecular formula is C16H27NO3S. The Bertz CT molecular complexity index is 515. The Morgan fingerprint density at radius 2 is 1.52 bits per heavy atom. The maximum atomic E-state index is 12.9. The first-order valence-electron chi connectivity index (χ1n) is 8.24. The molecule has 0 atom stereocenters. The molecule has 1 N–H and O–H groups in total. The molecule has 4 rings (SSSR count). The van der Waals surface area contributed by atoms with Crippen molar-refractivity contribution in [2.45, 2.75) is 70.5 Å². The molecule has 4 fully saturated rings. The van der Waals surface area contributed by atoms with Gasteiger partial charge < -0.3 is 0 Å². The van der Waals surface area contributed by atoms with Gasteiger partial charge in [0.15, 0.2) is 0 Å². The van der Waals surface area contributed by atoms with Gasteiger partial charge in [0.05, 0.1) is 4.75 Å². The Kier molecular flexibility index (Phi) is 3.43. The van der Waals surface area contributed by atoms with Crippen molar-refractivity contribution in [1.82, 2.24) is 4.72 Å². The number of rotatable bonds is 4. The lowest BCUT2D eigenvalue weighted by Gasteiger charge is -2.55. The van der Waals surface area contributed by atoms with E-state index in [1.54, 1.807) is 13.8 Å². The van der Waals surface area contributed by atoms with Gasteiger partial charge in [0, 0.05) is 5.41 Å². The topological polar surface area (TPSA) is 63.2 Å². The number of amides is 1. The van der Waals surface area contributed by atoms with Crippen molar-refractivity contribution in [3.63, 3.8) is 0 Å². The van der Waals surface area contributed by atoms with E-state index < -0.39 is 20.2 Å². The molecule has 4 saturated carbocycles. The van der Waals surface area contributed by atoms with E-state index in [9.17, 15) is 13.2 Å². The molecule has 0 aromatic rings. The molecule has 4 nitrogen and oxygen atoms in total. The van der Waals surface area contributed by atoms with Gasteiger partial charge in [0.25, 0.3) is 0 Å². The van der Waals surface area contributed by atoms with Gasteiger partial charge >= 0.3 is 0 Å². The second-order valence-electron chi connectivity index (χ2n) is 8.27. The fraction of sp³-hybridized carbons (Fsp3) is 0.938. The highest BCUT2D eigenvalue weighted by Crippen LogP contribution is 2.58. The normalized spacial score (nSPS) is 38.5. The average Bonchev–Trinajstić information content (AvgIpc) is 2.36. The molecular weight excluding hydrogens is 286 g/mol. The second kappa shape index (κ2) is 4.71. The third kappa shape index (κ3) is 2.41. The summed E-state index contributed by atoms with van der Waals surface area (Å²) in [6.45, 7) is 5.52. The summed E-state index contributed by atoms with van der Waals surface area (Å²) in [7, 11) is -3.57. The summed E-state index contributed by atoms with van der Waals surface area (Å²) in [6.07, 6.45) is 6.50. The number of sulfonamides is 1. The first-order valence-corrected chi connectivity index (χ1v) is 9.72. The van der Waals surface area contributed by atoms with Crippen LogP contribution in [0.15, 0.2) is 0 Å². The molecule has 0 spiro atoms.